The van der Waals surface area contributed by atoms with E-state index < -0.39 is 0 Å². The molecule has 0 aromatic heterocycles. The standard InChI is InChI=1S/C16H16O2/c1-12-6-5-7-13-10-15(18-16(12)13)11-17-14-8-3-2-4-9-14/h2-9,15H,10-11H2,1H3/t15-/m0/s1. The number of hydrogen-bond donors (Lipinski definition) is 0. The first kappa shape index (κ1) is 11.1. The maximum atomic E-state index is 5.93. The Labute approximate surface area is 107 Å². The predicted molar refractivity (Wildman–Crippen MR) is 71.2 cm³/mol. The molecule has 0 saturated heterocycles. The summed E-state index contributed by atoms with van der Waals surface area (Å²) in [5, 5.41) is 0. The molecule has 0 saturated carbocycles. The maximum Gasteiger partial charge on any atom is 0.137 e. The lowest BCUT2D eigenvalue weighted by molar-refractivity contribution is 0.148. The van der Waals surface area contributed by atoms with E-state index in [9.17, 15) is 0 Å². The van der Waals surface area contributed by atoms with E-state index in [0.29, 0.717) is 6.61 Å². The third-order valence-electron chi connectivity index (χ3n) is 3.20. The summed E-state index contributed by atoms with van der Waals surface area (Å²) in [6.07, 6.45) is 1.06. The van der Waals surface area contributed by atoms with E-state index in [1.807, 2.05) is 30.3 Å². The lowest BCUT2D eigenvalue weighted by Crippen LogP contribution is -2.22. The lowest BCUT2D eigenvalue weighted by Gasteiger charge is -2.12. The van der Waals surface area contributed by atoms with Crippen LogP contribution in [0.25, 0.3) is 0 Å². The SMILES string of the molecule is Cc1cccc2c1O[C@H](COc1ccccc1)C2. The minimum Gasteiger partial charge on any atom is -0.490 e. The molecule has 0 aliphatic carbocycles. The first-order chi connectivity index (χ1) is 8.83. The monoisotopic (exact) mass is 240 g/mol. The van der Waals surface area contributed by atoms with Crippen LogP contribution in [0.5, 0.6) is 11.5 Å². The molecular weight excluding hydrogens is 224 g/mol. The largest absolute Gasteiger partial charge is 0.490 e. The molecule has 0 bridgehead atoms. The first-order valence-electron chi connectivity index (χ1n) is 6.26. The van der Waals surface area contributed by atoms with E-state index in [4.69, 9.17) is 9.47 Å². The summed E-state index contributed by atoms with van der Waals surface area (Å²) in [7, 11) is 0. The van der Waals surface area contributed by atoms with Gasteiger partial charge in [0.2, 0.25) is 0 Å². The Morgan fingerprint density at radius 1 is 1.11 bits per heavy atom. The number of rotatable bonds is 3. The number of para-hydroxylation sites is 2. The fourth-order valence-corrected chi connectivity index (χ4v) is 2.30. The van der Waals surface area contributed by atoms with Gasteiger partial charge in [-0.2, -0.15) is 0 Å². The molecule has 0 unspecified atom stereocenters. The normalized spacial score (nSPS) is 17.1. The molecular formula is C16H16O2. The predicted octanol–water partition coefficient (Wildman–Crippen LogP) is 3.38. The van der Waals surface area contributed by atoms with Crippen molar-refractivity contribution in [2.24, 2.45) is 0 Å². The van der Waals surface area contributed by atoms with Gasteiger partial charge < -0.3 is 9.47 Å². The molecule has 0 fully saturated rings. The smallest absolute Gasteiger partial charge is 0.137 e. The van der Waals surface area contributed by atoms with Gasteiger partial charge in [0, 0.05) is 6.42 Å². The molecule has 2 aromatic rings. The van der Waals surface area contributed by atoms with Crippen molar-refractivity contribution >= 4 is 0 Å². The van der Waals surface area contributed by atoms with Crippen molar-refractivity contribution in [1.29, 1.82) is 0 Å². The van der Waals surface area contributed by atoms with Crippen LogP contribution in [-0.2, 0) is 6.42 Å². The van der Waals surface area contributed by atoms with Gasteiger partial charge in [-0.15, -0.1) is 0 Å². The maximum absolute atomic E-state index is 5.93. The zero-order valence-corrected chi connectivity index (χ0v) is 10.4. The van der Waals surface area contributed by atoms with Crippen molar-refractivity contribution in [1.82, 2.24) is 0 Å². The number of hydrogen-bond acceptors (Lipinski definition) is 2. The van der Waals surface area contributed by atoms with Crippen LogP contribution in [0, 0.1) is 6.92 Å². The van der Waals surface area contributed by atoms with Crippen LogP contribution in [-0.4, -0.2) is 12.7 Å². The van der Waals surface area contributed by atoms with Gasteiger partial charge in [0.05, 0.1) is 0 Å². The Morgan fingerprint density at radius 2 is 1.94 bits per heavy atom. The highest BCUT2D eigenvalue weighted by Gasteiger charge is 2.24. The third-order valence-corrected chi connectivity index (χ3v) is 3.20. The van der Waals surface area contributed by atoms with Gasteiger partial charge >= 0.3 is 0 Å². The summed E-state index contributed by atoms with van der Waals surface area (Å²) in [6, 6.07) is 16.2. The molecule has 92 valence electrons. The molecule has 1 atom stereocenters. The van der Waals surface area contributed by atoms with Gasteiger partial charge in [-0.05, 0) is 30.2 Å². The average molecular weight is 240 g/mol. The summed E-state index contributed by atoms with van der Waals surface area (Å²) in [5.74, 6) is 1.94. The summed E-state index contributed by atoms with van der Waals surface area (Å²) in [4.78, 5) is 0. The minimum atomic E-state index is 0.126. The summed E-state index contributed by atoms with van der Waals surface area (Å²) < 4.78 is 11.7. The summed E-state index contributed by atoms with van der Waals surface area (Å²) in [5.41, 5.74) is 2.49. The summed E-state index contributed by atoms with van der Waals surface area (Å²) in [6.45, 7) is 2.68. The van der Waals surface area contributed by atoms with Crippen LogP contribution >= 0.6 is 0 Å². The van der Waals surface area contributed by atoms with E-state index in [1.165, 1.54) is 11.1 Å². The Balaban J connectivity index is 1.63. The van der Waals surface area contributed by atoms with Crippen LogP contribution in [0.4, 0.5) is 0 Å². The third kappa shape index (κ3) is 2.19. The molecule has 0 radical (unpaired) electrons. The van der Waals surface area contributed by atoms with E-state index in [0.717, 1.165) is 17.9 Å². The molecule has 0 N–H and O–H groups in total. The van der Waals surface area contributed by atoms with E-state index in [2.05, 4.69) is 25.1 Å². The number of ether oxygens (including phenoxy) is 2. The number of fused-ring (bicyclic) bond motifs is 1. The summed E-state index contributed by atoms with van der Waals surface area (Å²) >= 11 is 0. The van der Waals surface area contributed by atoms with Crippen molar-refractivity contribution < 1.29 is 9.47 Å². The Morgan fingerprint density at radius 3 is 2.72 bits per heavy atom. The van der Waals surface area contributed by atoms with E-state index in [-0.39, 0.29) is 6.10 Å². The average Bonchev–Trinajstić information content (AvgIpc) is 2.82. The van der Waals surface area contributed by atoms with Crippen LogP contribution < -0.4 is 9.47 Å². The minimum absolute atomic E-state index is 0.126. The quantitative estimate of drug-likeness (QED) is 0.818. The van der Waals surface area contributed by atoms with Gasteiger partial charge in [-0.3, -0.25) is 0 Å². The molecule has 3 rings (SSSR count). The lowest BCUT2D eigenvalue weighted by atomic mass is 10.1. The second-order valence-corrected chi connectivity index (χ2v) is 4.63. The van der Waals surface area contributed by atoms with Crippen molar-refractivity contribution in [3.8, 4) is 11.5 Å². The zero-order chi connectivity index (χ0) is 12.4. The van der Waals surface area contributed by atoms with Crippen molar-refractivity contribution in [3.63, 3.8) is 0 Å². The van der Waals surface area contributed by atoms with Crippen LogP contribution in [0.1, 0.15) is 11.1 Å². The fourth-order valence-electron chi connectivity index (χ4n) is 2.30. The Hall–Kier alpha value is -1.96. The first-order valence-corrected chi connectivity index (χ1v) is 6.26. The molecule has 2 aromatic carbocycles. The molecule has 1 aliphatic rings. The second-order valence-electron chi connectivity index (χ2n) is 4.63. The molecule has 18 heavy (non-hydrogen) atoms. The second kappa shape index (κ2) is 4.73. The molecule has 2 nitrogen and oxygen atoms in total. The Kier molecular flexibility index (Phi) is 2.93. The molecule has 2 heteroatoms. The molecule has 1 heterocycles. The Bertz CT molecular complexity index is 534. The number of benzene rings is 2. The van der Waals surface area contributed by atoms with Gasteiger partial charge in [0.1, 0.15) is 24.2 Å². The van der Waals surface area contributed by atoms with Crippen molar-refractivity contribution in [2.75, 3.05) is 6.61 Å². The van der Waals surface area contributed by atoms with Gasteiger partial charge in [0.25, 0.3) is 0 Å². The molecule has 1 aliphatic heterocycles. The van der Waals surface area contributed by atoms with Crippen LogP contribution in [0.3, 0.4) is 0 Å². The highest BCUT2D eigenvalue weighted by molar-refractivity contribution is 5.43. The van der Waals surface area contributed by atoms with Gasteiger partial charge in [-0.25, -0.2) is 0 Å². The molecule has 0 amide bonds. The molecule has 0 spiro atoms. The zero-order valence-electron chi connectivity index (χ0n) is 10.4. The van der Waals surface area contributed by atoms with Crippen LogP contribution in [0.2, 0.25) is 0 Å². The van der Waals surface area contributed by atoms with Gasteiger partial charge in [-0.1, -0.05) is 36.4 Å². The van der Waals surface area contributed by atoms with Gasteiger partial charge in [0.15, 0.2) is 0 Å². The highest BCUT2D eigenvalue weighted by Crippen LogP contribution is 2.32. The topological polar surface area (TPSA) is 18.5 Å². The van der Waals surface area contributed by atoms with E-state index >= 15 is 0 Å². The highest BCUT2D eigenvalue weighted by atomic mass is 16.5. The fraction of sp³-hybridized carbons (Fsp3) is 0.250. The van der Waals surface area contributed by atoms with Crippen LogP contribution in [0.15, 0.2) is 48.5 Å². The number of aryl methyl sites for hydroxylation is 1. The van der Waals surface area contributed by atoms with Crippen molar-refractivity contribution in [2.45, 2.75) is 19.4 Å². The van der Waals surface area contributed by atoms with E-state index in [1.54, 1.807) is 0 Å². The van der Waals surface area contributed by atoms with Crippen molar-refractivity contribution in [3.05, 3.63) is 59.7 Å².